The number of halogens is 1. The van der Waals surface area contributed by atoms with Gasteiger partial charge in [-0.1, -0.05) is 72.3 Å². The summed E-state index contributed by atoms with van der Waals surface area (Å²) in [5.74, 6) is -0.546. The first-order chi connectivity index (χ1) is 14.4. The van der Waals surface area contributed by atoms with Crippen LogP contribution in [0.5, 0.6) is 0 Å². The summed E-state index contributed by atoms with van der Waals surface area (Å²) in [7, 11) is -3.87. The Balaban J connectivity index is 1.74. The molecule has 0 bridgehead atoms. The van der Waals surface area contributed by atoms with Crippen molar-refractivity contribution in [1.29, 1.82) is 0 Å². The quantitative estimate of drug-likeness (QED) is 0.427. The minimum Gasteiger partial charge on any atom is -0.272 e. The molecule has 0 unspecified atom stereocenters. The van der Waals surface area contributed by atoms with E-state index in [1.807, 2.05) is 30.3 Å². The maximum Gasteiger partial charge on any atom is 0.255 e. The van der Waals surface area contributed by atoms with Crippen molar-refractivity contribution < 1.29 is 13.2 Å². The Morgan fingerprint density at radius 2 is 1.53 bits per heavy atom. The standard InChI is InChI=1S/C22H20ClN3O3S/c23-20-13-11-18(12-14-20)15-24-25-22(27)17-26(16-19-7-3-1-4-8-19)30(28,29)21-9-5-2-6-10-21/h1-15H,16-17H2,(H,25,27)/b24-15+. The van der Waals surface area contributed by atoms with Gasteiger partial charge in [-0.2, -0.15) is 9.41 Å². The highest BCUT2D eigenvalue weighted by Crippen LogP contribution is 2.18. The molecule has 6 nitrogen and oxygen atoms in total. The van der Waals surface area contributed by atoms with Gasteiger partial charge in [-0.3, -0.25) is 4.79 Å². The van der Waals surface area contributed by atoms with Crippen LogP contribution in [0.1, 0.15) is 11.1 Å². The third-order valence-electron chi connectivity index (χ3n) is 4.18. The molecule has 0 fully saturated rings. The fourth-order valence-electron chi connectivity index (χ4n) is 2.68. The average molecular weight is 442 g/mol. The van der Waals surface area contributed by atoms with Crippen molar-refractivity contribution in [3.8, 4) is 0 Å². The van der Waals surface area contributed by atoms with Crippen molar-refractivity contribution in [1.82, 2.24) is 9.73 Å². The number of hydrogen-bond donors (Lipinski definition) is 1. The third kappa shape index (κ3) is 6.00. The predicted molar refractivity (Wildman–Crippen MR) is 118 cm³/mol. The van der Waals surface area contributed by atoms with Gasteiger partial charge in [-0.05, 0) is 35.4 Å². The zero-order valence-electron chi connectivity index (χ0n) is 16.0. The first-order valence-electron chi connectivity index (χ1n) is 9.12. The minimum atomic E-state index is -3.87. The Kier molecular flexibility index (Phi) is 7.35. The number of nitrogens with one attached hydrogen (secondary N) is 1. The van der Waals surface area contributed by atoms with Crippen molar-refractivity contribution in [3.63, 3.8) is 0 Å². The highest BCUT2D eigenvalue weighted by atomic mass is 35.5. The highest BCUT2D eigenvalue weighted by molar-refractivity contribution is 7.89. The molecule has 0 aromatic heterocycles. The molecule has 0 spiro atoms. The Bertz CT molecular complexity index is 1100. The van der Waals surface area contributed by atoms with Crippen LogP contribution in [-0.2, 0) is 21.4 Å². The summed E-state index contributed by atoms with van der Waals surface area (Å²) in [5, 5.41) is 4.49. The molecule has 0 aliphatic carbocycles. The van der Waals surface area contributed by atoms with Crippen molar-refractivity contribution in [2.24, 2.45) is 5.10 Å². The number of nitrogens with zero attached hydrogens (tertiary/aromatic N) is 2. The van der Waals surface area contributed by atoms with Crippen LogP contribution >= 0.6 is 11.6 Å². The fourth-order valence-corrected chi connectivity index (χ4v) is 4.21. The van der Waals surface area contributed by atoms with E-state index in [1.54, 1.807) is 42.5 Å². The normalized spacial score (nSPS) is 11.7. The monoisotopic (exact) mass is 441 g/mol. The van der Waals surface area contributed by atoms with E-state index >= 15 is 0 Å². The van der Waals surface area contributed by atoms with Crippen molar-refractivity contribution in [3.05, 3.63) is 101 Å². The first-order valence-corrected chi connectivity index (χ1v) is 10.9. The van der Waals surface area contributed by atoms with Gasteiger partial charge in [0.1, 0.15) is 0 Å². The number of hydrazone groups is 1. The molecule has 0 saturated heterocycles. The zero-order valence-corrected chi connectivity index (χ0v) is 17.6. The number of carbonyl (C=O) groups excluding carboxylic acids is 1. The maximum atomic E-state index is 13.1. The number of carbonyl (C=O) groups is 1. The number of hydrogen-bond acceptors (Lipinski definition) is 4. The van der Waals surface area contributed by atoms with Gasteiger partial charge in [0.25, 0.3) is 5.91 Å². The molecule has 8 heteroatoms. The summed E-state index contributed by atoms with van der Waals surface area (Å²) >= 11 is 5.84. The van der Waals surface area contributed by atoms with Gasteiger partial charge in [0.05, 0.1) is 17.7 Å². The number of rotatable bonds is 8. The van der Waals surface area contributed by atoms with Gasteiger partial charge >= 0.3 is 0 Å². The van der Waals surface area contributed by atoms with Gasteiger partial charge < -0.3 is 0 Å². The Hall–Kier alpha value is -3.00. The van der Waals surface area contributed by atoms with Gasteiger partial charge in [0, 0.05) is 11.6 Å². The van der Waals surface area contributed by atoms with Crippen LogP contribution < -0.4 is 5.43 Å². The molecule has 0 atom stereocenters. The summed E-state index contributed by atoms with van der Waals surface area (Å²) in [5.41, 5.74) is 3.90. The van der Waals surface area contributed by atoms with E-state index in [9.17, 15) is 13.2 Å². The lowest BCUT2D eigenvalue weighted by Gasteiger charge is -2.21. The van der Waals surface area contributed by atoms with E-state index in [-0.39, 0.29) is 18.0 Å². The van der Waals surface area contributed by atoms with E-state index < -0.39 is 15.9 Å². The molecule has 154 valence electrons. The molecule has 0 radical (unpaired) electrons. The molecule has 3 aromatic rings. The second-order valence-corrected chi connectivity index (χ2v) is 8.79. The molecular weight excluding hydrogens is 422 g/mol. The van der Waals surface area contributed by atoms with Gasteiger partial charge in [-0.25, -0.2) is 13.8 Å². The summed E-state index contributed by atoms with van der Waals surface area (Å²) in [4.78, 5) is 12.5. The van der Waals surface area contributed by atoms with Crippen molar-refractivity contribution in [2.45, 2.75) is 11.4 Å². The van der Waals surface area contributed by atoms with Crippen molar-refractivity contribution >= 4 is 33.7 Å². The van der Waals surface area contributed by atoms with Crippen LogP contribution in [0, 0.1) is 0 Å². The first kappa shape index (κ1) is 21.7. The molecule has 0 heterocycles. The van der Waals surface area contributed by atoms with Crippen molar-refractivity contribution in [2.75, 3.05) is 6.54 Å². The minimum absolute atomic E-state index is 0.0619. The molecule has 0 aliphatic rings. The summed E-state index contributed by atoms with van der Waals surface area (Å²) in [6, 6.07) is 24.0. The molecule has 0 aliphatic heterocycles. The second kappa shape index (κ2) is 10.2. The van der Waals surface area contributed by atoms with Crippen LogP contribution in [0.3, 0.4) is 0 Å². The SMILES string of the molecule is O=C(CN(Cc1ccccc1)S(=O)(=O)c1ccccc1)N/N=C/c1ccc(Cl)cc1. The Labute approximate surface area is 180 Å². The van der Waals surface area contributed by atoms with E-state index in [1.165, 1.54) is 18.3 Å². The van der Waals surface area contributed by atoms with Gasteiger partial charge in [-0.15, -0.1) is 0 Å². The van der Waals surface area contributed by atoms with Crippen LogP contribution in [0.15, 0.2) is 94.9 Å². The molecule has 3 aromatic carbocycles. The van der Waals surface area contributed by atoms with Gasteiger partial charge in [0.15, 0.2) is 0 Å². The molecule has 1 amide bonds. The second-order valence-electron chi connectivity index (χ2n) is 6.42. The maximum absolute atomic E-state index is 13.1. The lowest BCUT2D eigenvalue weighted by molar-refractivity contribution is -0.121. The lowest BCUT2D eigenvalue weighted by atomic mass is 10.2. The van der Waals surface area contributed by atoms with Crippen LogP contribution in [0.2, 0.25) is 5.02 Å². The van der Waals surface area contributed by atoms with Crippen LogP contribution in [-0.4, -0.2) is 31.4 Å². The predicted octanol–water partition coefficient (Wildman–Crippen LogP) is 3.68. The third-order valence-corrected chi connectivity index (χ3v) is 6.23. The van der Waals surface area contributed by atoms with E-state index in [2.05, 4.69) is 10.5 Å². The zero-order chi connectivity index (χ0) is 21.4. The fraction of sp³-hybridized carbons (Fsp3) is 0.0909. The number of amides is 1. The smallest absolute Gasteiger partial charge is 0.255 e. The Morgan fingerprint density at radius 3 is 2.17 bits per heavy atom. The number of benzene rings is 3. The van der Waals surface area contributed by atoms with E-state index in [0.29, 0.717) is 5.02 Å². The molecule has 0 saturated carbocycles. The van der Waals surface area contributed by atoms with E-state index in [0.717, 1.165) is 15.4 Å². The topological polar surface area (TPSA) is 78.8 Å². The number of sulfonamides is 1. The largest absolute Gasteiger partial charge is 0.272 e. The Morgan fingerprint density at radius 1 is 0.933 bits per heavy atom. The molecular formula is C22H20ClN3O3S. The summed E-state index contributed by atoms with van der Waals surface area (Å²) < 4.78 is 27.3. The van der Waals surface area contributed by atoms with Gasteiger partial charge in [0.2, 0.25) is 10.0 Å². The molecule has 30 heavy (non-hydrogen) atoms. The van der Waals surface area contributed by atoms with Crippen LogP contribution in [0.4, 0.5) is 0 Å². The average Bonchev–Trinajstić information content (AvgIpc) is 2.76. The highest BCUT2D eigenvalue weighted by Gasteiger charge is 2.26. The van der Waals surface area contributed by atoms with E-state index in [4.69, 9.17) is 11.6 Å². The van der Waals surface area contributed by atoms with Crippen LogP contribution in [0.25, 0.3) is 0 Å². The summed E-state index contributed by atoms with van der Waals surface area (Å²) in [6.07, 6.45) is 1.46. The summed E-state index contributed by atoms with van der Waals surface area (Å²) in [6.45, 7) is -0.309. The molecule has 3 rings (SSSR count). The molecule has 1 N–H and O–H groups in total. The lowest BCUT2D eigenvalue weighted by Crippen LogP contribution is -2.39.